The van der Waals surface area contributed by atoms with Gasteiger partial charge in [0.2, 0.25) is 5.91 Å². The second kappa shape index (κ2) is 6.76. The van der Waals surface area contributed by atoms with Crippen LogP contribution in [0.1, 0.15) is 64.7 Å². The fraction of sp³-hybridized carbons (Fsp3) is 0.929. The molecule has 0 aromatic heterocycles. The molecule has 0 bridgehead atoms. The van der Waals surface area contributed by atoms with Gasteiger partial charge in [-0.3, -0.25) is 4.79 Å². The molecule has 0 aromatic rings. The van der Waals surface area contributed by atoms with E-state index in [4.69, 9.17) is 5.73 Å². The number of carbonyl (C=O) groups excluding carboxylic acids is 1. The van der Waals surface area contributed by atoms with Gasteiger partial charge >= 0.3 is 0 Å². The minimum atomic E-state index is -0.558. The number of hydrogen-bond donors (Lipinski definition) is 2. The molecule has 2 fully saturated rings. The molecule has 4 heteroatoms. The molecule has 0 aliphatic heterocycles. The number of nitrogens with one attached hydrogen (secondary N) is 1. The molecule has 0 saturated heterocycles. The minimum absolute atomic E-state index is 0. The predicted octanol–water partition coefficient (Wildman–Crippen LogP) is 2.76. The number of hydrogen-bond acceptors (Lipinski definition) is 2. The van der Waals surface area contributed by atoms with Gasteiger partial charge in [-0.15, -0.1) is 12.4 Å². The van der Waals surface area contributed by atoms with Crippen LogP contribution in [0.25, 0.3) is 0 Å². The van der Waals surface area contributed by atoms with E-state index in [-0.39, 0.29) is 18.3 Å². The summed E-state index contributed by atoms with van der Waals surface area (Å²) in [5.41, 5.74) is 5.62. The number of rotatable bonds is 2. The third-order valence-corrected chi connectivity index (χ3v) is 4.54. The SMILES string of the molecule is CC1CCCC(NC(=O)C2(N)CCCC2)CC1.Cl. The van der Waals surface area contributed by atoms with Gasteiger partial charge in [-0.2, -0.15) is 0 Å². The van der Waals surface area contributed by atoms with Crippen molar-refractivity contribution in [1.29, 1.82) is 0 Å². The monoisotopic (exact) mass is 274 g/mol. The molecule has 0 spiro atoms. The first-order valence-electron chi connectivity index (χ1n) is 7.20. The molecule has 2 saturated carbocycles. The highest BCUT2D eigenvalue weighted by Gasteiger charge is 2.37. The maximum Gasteiger partial charge on any atom is 0.240 e. The quantitative estimate of drug-likeness (QED) is 0.761. The molecule has 106 valence electrons. The zero-order valence-corrected chi connectivity index (χ0v) is 12.2. The lowest BCUT2D eigenvalue weighted by molar-refractivity contribution is -0.127. The Morgan fingerprint density at radius 1 is 1.11 bits per heavy atom. The summed E-state index contributed by atoms with van der Waals surface area (Å²) in [5, 5.41) is 3.20. The molecule has 0 radical (unpaired) electrons. The lowest BCUT2D eigenvalue weighted by Crippen LogP contribution is -2.54. The van der Waals surface area contributed by atoms with Crippen LogP contribution in [-0.4, -0.2) is 17.5 Å². The summed E-state index contributed by atoms with van der Waals surface area (Å²) in [5.74, 6) is 0.921. The van der Waals surface area contributed by atoms with Gasteiger partial charge in [0.25, 0.3) is 0 Å². The van der Waals surface area contributed by atoms with E-state index in [1.807, 2.05) is 0 Å². The van der Waals surface area contributed by atoms with Gasteiger partial charge in [-0.25, -0.2) is 0 Å². The summed E-state index contributed by atoms with van der Waals surface area (Å²) in [6, 6.07) is 0.369. The van der Waals surface area contributed by atoms with Crippen LogP contribution < -0.4 is 11.1 Å². The second-order valence-corrected chi connectivity index (χ2v) is 6.15. The van der Waals surface area contributed by atoms with Crippen molar-refractivity contribution in [3.05, 3.63) is 0 Å². The Hall–Kier alpha value is -0.280. The molecule has 2 aliphatic carbocycles. The van der Waals surface area contributed by atoms with Crippen LogP contribution in [-0.2, 0) is 4.79 Å². The van der Waals surface area contributed by atoms with Crippen molar-refractivity contribution >= 4 is 18.3 Å². The summed E-state index contributed by atoms with van der Waals surface area (Å²) >= 11 is 0. The Morgan fingerprint density at radius 3 is 2.44 bits per heavy atom. The lowest BCUT2D eigenvalue weighted by Gasteiger charge is -2.26. The van der Waals surface area contributed by atoms with Gasteiger partial charge in [0, 0.05) is 6.04 Å². The van der Waals surface area contributed by atoms with Crippen LogP contribution in [0.2, 0.25) is 0 Å². The number of carbonyl (C=O) groups is 1. The third kappa shape index (κ3) is 3.86. The molecule has 2 aliphatic rings. The summed E-state index contributed by atoms with van der Waals surface area (Å²) in [4.78, 5) is 12.2. The van der Waals surface area contributed by atoms with E-state index in [9.17, 15) is 4.79 Å². The molecule has 0 heterocycles. The molecular formula is C14H27ClN2O. The number of halogens is 1. The molecule has 3 nitrogen and oxygen atoms in total. The molecule has 2 unspecified atom stereocenters. The fourth-order valence-electron chi connectivity index (χ4n) is 3.19. The second-order valence-electron chi connectivity index (χ2n) is 6.15. The fourth-order valence-corrected chi connectivity index (χ4v) is 3.19. The van der Waals surface area contributed by atoms with Gasteiger partial charge in [-0.05, 0) is 38.0 Å². The van der Waals surface area contributed by atoms with Crippen molar-refractivity contribution in [3.63, 3.8) is 0 Å². The van der Waals surface area contributed by atoms with E-state index in [0.29, 0.717) is 6.04 Å². The van der Waals surface area contributed by atoms with Crippen molar-refractivity contribution in [2.24, 2.45) is 11.7 Å². The van der Waals surface area contributed by atoms with Crippen molar-refractivity contribution in [2.75, 3.05) is 0 Å². The Morgan fingerprint density at radius 2 is 1.78 bits per heavy atom. The summed E-state index contributed by atoms with van der Waals surface area (Å²) in [6.07, 6.45) is 9.97. The first-order chi connectivity index (χ1) is 8.10. The maximum atomic E-state index is 12.2. The molecule has 3 N–H and O–H groups in total. The van der Waals surface area contributed by atoms with Gasteiger partial charge in [0.1, 0.15) is 0 Å². The van der Waals surface area contributed by atoms with E-state index >= 15 is 0 Å². The van der Waals surface area contributed by atoms with E-state index in [2.05, 4.69) is 12.2 Å². The highest BCUT2D eigenvalue weighted by molar-refractivity contribution is 5.86. The zero-order chi connectivity index (χ0) is 12.3. The van der Waals surface area contributed by atoms with Crippen molar-refractivity contribution < 1.29 is 4.79 Å². The first-order valence-corrected chi connectivity index (χ1v) is 7.20. The molecular weight excluding hydrogens is 248 g/mol. The normalized spacial score (nSPS) is 31.2. The molecule has 2 rings (SSSR count). The molecule has 2 atom stereocenters. The van der Waals surface area contributed by atoms with E-state index in [1.165, 1.54) is 19.3 Å². The minimum Gasteiger partial charge on any atom is -0.352 e. The average molecular weight is 275 g/mol. The van der Waals surface area contributed by atoms with Crippen LogP contribution in [0.5, 0.6) is 0 Å². The van der Waals surface area contributed by atoms with Crippen molar-refractivity contribution in [3.8, 4) is 0 Å². The lowest BCUT2D eigenvalue weighted by atomic mass is 9.96. The van der Waals surface area contributed by atoms with E-state index < -0.39 is 5.54 Å². The van der Waals surface area contributed by atoms with Gasteiger partial charge < -0.3 is 11.1 Å². The van der Waals surface area contributed by atoms with Gasteiger partial charge in [0.15, 0.2) is 0 Å². The molecule has 1 amide bonds. The summed E-state index contributed by atoms with van der Waals surface area (Å²) < 4.78 is 0. The van der Waals surface area contributed by atoms with Crippen LogP contribution >= 0.6 is 12.4 Å². The highest BCUT2D eigenvalue weighted by Crippen LogP contribution is 2.28. The van der Waals surface area contributed by atoms with Crippen LogP contribution in [0.3, 0.4) is 0 Å². The van der Waals surface area contributed by atoms with Crippen LogP contribution in [0, 0.1) is 5.92 Å². The summed E-state index contributed by atoms with van der Waals surface area (Å²) in [6.45, 7) is 2.31. The smallest absolute Gasteiger partial charge is 0.240 e. The maximum absolute atomic E-state index is 12.2. The Kier molecular flexibility index (Phi) is 5.93. The topological polar surface area (TPSA) is 55.1 Å². The van der Waals surface area contributed by atoms with Gasteiger partial charge in [-0.1, -0.05) is 32.6 Å². The standard InChI is InChI=1S/C14H26N2O.ClH/c1-11-5-4-6-12(8-7-11)16-13(17)14(15)9-2-3-10-14;/h11-12H,2-10,15H2,1H3,(H,16,17);1H. The molecule has 18 heavy (non-hydrogen) atoms. The van der Waals surface area contributed by atoms with Crippen molar-refractivity contribution in [2.45, 2.75) is 76.3 Å². The largest absolute Gasteiger partial charge is 0.352 e. The number of amides is 1. The number of nitrogens with two attached hydrogens (primary N) is 1. The highest BCUT2D eigenvalue weighted by atomic mass is 35.5. The Labute approximate surface area is 117 Å². The third-order valence-electron chi connectivity index (χ3n) is 4.54. The molecule has 0 aromatic carbocycles. The van der Waals surface area contributed by atoms with Crippen LogP contribution in [0.4, 0.5) is 0 Å². The van der Waals surface area contributed by atoms with Crippen LogP contribution in [0.15, 0.2) is 0 Å². The summed E-state index contributed by atoms with van der Waals surface area (Å²) in [7, 11) is 0. The first kappa shape index (κ1) is 15.8. The zero-order valence-electron chi connectivity index (χ0n) is 11.4. The van der Waals surface area contributed by atoms with Gasteiger partial charge in [0.05, 0.1) is 5.54 Å². The van der Waals surface area contributed by atoms with E-state index in [1.54, 1.807) is 0 Å². The predicted molar refractivity (Wildman–Crippen MR) is 76.8 cm³/mol. The van der Waals surface area contributed by atoms with Crippen molar-refractivity contribution in [1.82, 2.24) is 5.32 Å². The Bertz CT molecular complexity index is 277. The Balaban J connectivity index is 0.00000162. The van der Waals surface area contributed by atoms with E-state index in [0.717, 1.165) is 44.4 Å². The average Bonchev–Trinajstić information content (AvgIpc) is 2.64.